The summed E-state index contributed by atoms with van der Waals surface area (Å²) < 4.78 is 72.7. The van der Waals surface area contributed by atoms with Gasteiger partial charge in [-0.25, -0.2) is 17.2 Å². The Morgan fingerprint density at radius 3 is 2.19 bits per heavy atom. The molecule has 0 amide bonds. The number of anilines is 1. The van der Waals surface area contributed by atoms with E-state index in [4.69, 9.17) is 13.7 Å². The van der Waals surface area contributed by atoms with Gasteiger partial charge in [-0.1, -0.05) is 6.92 Å². The average molecular weight is 519 g/mol. The van der Waals surface area contributed by atoms with Gasteiger partial charge in [0.05, 0.1) is 34.3 Å². The summed E-state index contributed by atoms with van der Waals surface area (Å²) in [7, 11) is -3.28. The normalized spacial score (nSPS) is 17.1. The third kappa shape index (κ3) is 4.33. The number of fused-ring (bicyclic) bond motifs is 1. The second-order valence-corrected chi connectivity index (χ2v) is 11.9. The molecule has 0 atom stereocenters. The minimum atomic E-state index is -3.71. The van der Waals surface area contributed by atoms with E-state index in [2.05, 4.69) is 0 Å². The number of nitrogens with zero attached hydrogens (tertiary/aromatic N) is 1. The summed E-state index contributed by atoms with van der Waals surface area (Å²) in [5.41, 5.74) is -0.645. The molecular weight excluding hydrogens is 491 g/mol. The second kappa shape index (κ2) is 8.67. The molecular formula is C25H28BF2NO6S. The van der Waals surface area contributed by atoms with Crippen molar-refractivity contribution >= 4 is 45.0 Å². The predicted molar refractivity (Wildman–Crippen MR) is 135 cm³/mol. The Kier molecular flexibility index (Phi) is 6.34. The molecule has 0 bridgehead atoms. The molecule has 2 heterocycles. The maximum Gasteiger partial charge on any atom is 0.497 e. The van der Waals surface area contributed by atoms with Gasteiger partial charge in [0.1, 0.15) is 23.0 Å². The molecule has 0 spiro atoms. The third-order valence-corrected chi connectivity index (χ3v) is 8.15. The fraction of sp³-hybridized carbons (Fsp3) is 0.400. The number of carbonyl (C=O) groups excluding carboxylic acids is 1. The van der Waals surface area contributed by atoms with Crippen molar-refractivity contribution in [2.75, 3.05) is 17.6 Å². The number of hydrogen-bond donors (Lipinski definition) is 0. The molecule has 192 valence electrons. The van der Waals surface area contributed by atoms with Crippen LogP contribution in [0.5, 0.6) is 0 Å². The van der Waals surface area contributed by atoms with Gasteiger partial charge in [0.15, 0.2) is 5.78 Å². The molecule has 0 aliphatic carbocycles. The summed E-state index contributed by atoms with van der Waals surface area (Å²) in [4.78, 5) is 13.1. The minimum absolute atomic E-state index is 0.0617. The number of furan rings is 1. The molecule has 2 aromatic carbocycles. The monoisotopic (exact) mass is 519 g/mol. The lowest BCUT2D eigenvalue weighted by atomic mass is 9.76. The van der Waals surface area contributed by atoms with E-state index in [0.29, 0.717) is 16.9 Å². The molecule has 1 fully saturated rings. The number of halogens is 2. The van der Waals surface area contributed by atoms with Gasteiger partial charge in [0.2, 0.25) is 10.0 Å². The lowest BCUT2D eigenvalue weighted by Crippen LogP contribution is -2.41. The number of hydrogen-bond acceptors (Lipinski definition) is 6. The van der Waals surface area contributed by atoms with Crippen LogP contribution in [0.1, 0.15) is 51.4 Å². The van der Waals surface area contributed by atoms with E-state index in [9.17, 15) is 22.0 Å². The number of Topliss-reactive ketones (excluding diaryl/α,β-unsaturated/α-hetero) is 1. The Morgan fingerprint density at radius 2 is 1.67 bits per heavy atom. The SMILES string of the molecule is CCC(=O)c1c(-c2ccc(F)cc2F)oc2cc(N(C)S(C)(=O)=O)c(B3OC(C)(C)C(C)(C)O3)cc12. The van der Waals surface area contributed by atoms with Crippen molar-refractivity contribution in [3.05, 3.63) is 47.5 Å². The van der Waals surface area contributed by atoms with E-state index in [0.717, 1.165) is 16.6 Å². The topological polar surface area (TPSA) is 86.1 Å². The molecule has 1 aliphatic heterocycles. The Labute approximate surface area is 209 Å². The number of sulfonamides is 1. The number of ketones is 1. The van der Waals surface area contributed by atoms with Crippen LogP contribution in [0.4, 0.5) is 14.5 Å². The molecule has 0 unspecified atom stereocenters. The van der Waals surface area contributed by atoms with Crippen LogP contribution in [0.25, 0.3) is 22.3 Å². The summed E-state index contributed by atoms with van der Waals surface area (Å²) in [6.07, 6.45) is 1.15. The van der Waals surface area contributed by atoms with Crippen LogP contribution in [0.2, 0.25) is 0 Å². The van der Waals surface area contributed by atoms with E-state index in [1.54, 1.807) is 13.0 Å². The first-order chi connectivity index (χ1) is 16.6. The molecule has 1 aliphatic rings. The maximum atomic E-state index is 14.7. The van der Waals surface area contributed by atoms with Crippen molar-refractivity contribution < 1.29 is 35.7 Å². The maximum absolute atomic E-state index is 14.7. The first-order valence-corrected chi connectivity index (χ1v) is 13.3. The van der Waals surface area contributed by atoms with E-state index in [1.807, 2.05) is 27.7 Å². The van der Waals surface area contributed by atoms with Gasteiger partial charge >= 0.3 is 7.12 Å². The zero-order valence-corrected chi connectivity index (χ0v) is 22.0. The van der Waals surface area contributed by atoms with Gasteiger partial charge < -0.3 is 13.7 Å². The molecule has 3 aromatic rings. The van der Waals surface area contributed by atoms with Crippen LogP contribution in [-0.4, -0.2) is 45.8 Å². The van der Waals surface area contributed by atoms with Crippen molar-refractivity contribution in [3.8, 4) is 11.3 Å². The lowest BCUT2D eigenvalue weighted by molar-refractivity contribution is 0.00578. The van der Waals surface area contributed by atoms with Gasteiger partial charge in [0, 0.05) is 36.5 Å². The highest BCUT2D eigenvalue weighted by Crippen LogP contribution is 2.40. The van der Waals surface area contributed by atoms with Crippen LogP contribution in [0.15, 0.2) is 34.7 Å². The number of benzene rings is 2. The fourth-order valence-corrected chi connectivity index (χ4v) is 4.59. The third-order valence-electron chi connectivity index (χ3n) is 6.96. The summed E-state index contributed by atoms with van der Waals surface area (Å²) in [5, 5.41) is 0.343. The van der Waals surface area contributed by atoms with Crippen molar-refractivity contribution in [3.63, 3.8) is 0 Å². The largest absolute Gasteiger partial charge is 0.497 e. The van der Waals surface area contributed by atoms with Crippen LogP contribution >= 0.6 is 0 Å². The summed E-state index contributed by atoms with van der Waals surface area (Å²) in [6, 6.07) is 6.04. The highest BCUT2D eigenvalue weighted by molar-refractivity contribution is 7.92. The average Bonchev–Trinajstić information content (AvgIpc) is 3.23. The van der Waals surface area contributed by atoms with Crippen LogP contribution in [0.3, 0.4) is 0 Å². The molecule has 1 saturated heterocycles. The summed E-state index contributed by atoms with van der Waals surface area (Å²) >= 11 is 0. The van der Waals surface area contributed by atoms with E-state index < -0.39 is 40.0 Å². The van der Waals surface area contributed by atoms with Gasteiger partial charge in [-0.3, -0.25) is 9.10 Å². The standard InChI is InChI=1S/C25H28BF2NO6S/c1-8-20(30)22-16-12-17(26-34-24(2,3)25(4,5)35-26)19(29(6)36(7,31)32)13-21(16)33-23(22)15-10-9-14(27)11-18(15)28/h9-13H,8H2,1-7H3. The zero-order valence-electron chi connectivity index (χ0n) is 21.2. The van der Waals surface area contributed by atoms with Crippen LogP contribution in [-0.2, 0) is 19.3 Å². The Balaban J connectivity index is 2.05. The zero-order chi connectivity index (χ0) is 26.8. The van der Waals surface area contributed by atoms with Gasteiger partial charge in [-0.05, 0) is 45.9 Å². The molecule has 4 rings (SSSR count). The molecule has 0 saturated carbocycles. The quantitative estimate of drug-likeness (QED) is 0.348. The first kappa shape index (κ1) is 26.3. The lowest BCUT2D eigenvalue weighted by Gasteiger charge is -2.32. The second-order valence-electron chi connectivity index (χ2n) is 9.93. The van der Waals surface area contributed by atoms with Crippen molar-refractivity contribution in [2.24, 2.45) is 0 Å². The fourth-order valence-electron chi connectivity index (χ4n) is 4.08. The van der Waals surface area contributed by atoms with Crippen molar-refractivity contribution in [2.45, 2.75) is 52.2 Å². The van der Waals surface area contributed by atoms with Gasteiger partial charge in [0.25, 0.3) is 0 Å². The molecule has 0 N–H and O–H groups in total. The van der Waals surface area contributed by atoms with Crippen molar-refractivity contribution in [1.82, 2.24) is 0 Å². The van der Waals surface area contributed by atoms with E-state index in [-0.39, 0.29) is 40.4 Å². The first-order valence-electron chi connectivity index (χ1n) is 11.5. The van der Waals surface area contributed by atoms with E-state index >= 15 is 0 Å². The molecule has 1 aromatic heterocycles. The molecule has 0 radical (unpaired) electrons. The Bertz CT molecular complexity index is 1470. The Morgan fingerprint density at radius 1 is 1.06 bits per heavy atom. The minimum Gasteiger partial charge on any atom is -0.455 e. The van der Waals surface area contributed by atoms with Crippen LogP contribution in [0, 0.1) is 11.6 Å². The summed E-state index contributed by atoms with van der Waals surface area (Å²) in [5.74, 6) is -2.04. The Hall–Kier alpha value is -2.76. The molecule has 36 heavy (non-hydrogen) atoms. The molecule has 7 nitrogen and oxygen atoms in total. The van der Waals surface area contributed by atoms with Gasteiger partial charge in [-0.15, -0.1) is 0 Å². The number of rotatable bonds is 6. The van der Waals surface area contributed by atoms with E-state index in [1.165, 1.54) is 19.2 Å². The van der Waals surface area contributed by atoms with Crippen LogP contribution < -0.4 is 9.77 Å². The summed E-state index contributed by atoms with van der Waals surface area (Å²) in [6.45, 7) is 9.12. The van der Waals surface area contributed by atoms with Gasteiger partial charge in [-0.2, -0.15) is 0 Å². The number of carbonyl (C=O) groups is 1. The highest BCUT2D eigenvalue weighted by atomic mass is 32.2. The van der Waals surface area contributed by atoms with Crippen molar-refractivity contribution in [1.29, 1.82) is 0 Å². The smallest absolute Gasteiger partial charge is 0.455 e. The highest BCUT2D eigenvalue weighted by Gasteiger charge is 2.52. The molecule has 11 heteroatoms. The predicted octanol–water partition coefficient (Wildman–Crippen LogP) is 4.67.